The summed E-state index contributed by atoms with van der Waals surface area (Å²) < 4.78 is 6.16. The Bertz CT molecular complexity index is 502. The fourth-order valence-corrected chi connectivity index (χ4v) is 5.25. The number of thioether (sulfide) groups is 1. The highest BCUT2D eigenvalue weighted by Crippen LogP contribution is 2.44. The van der Waals surface area contributed by atoms with Gasteiger partial charge in [-0.3, -0.25) is 0 Å². The lowest BCUT2D eigenvalue weighted by molar-refractivity contribution is -0.0850. The molecule has 2 nitrogen and oxygen atoms in total. The number of benzene rings is 1. The molecule has 4 heteroatoms. The van der Waals surface area contributed by atoms with E-state index in [1.807, 2.05) is 17.8 Å². The molecule has 0 aliphatic carbocycles. The number of nitrogens with one attached hydrogen (secondary N) is 1. The number of rotatable bonds is 3. The van der Waals surface area contributed by atoms with Crippen molar-refractivity contribution in [2.24, 2.45) is 5.92 Å². The second-order valence-electron chi connectivity index (χ2n) is 6.36. The van der Waals surface area contributed by atoms with Crippen LogP contribution in [0.15, 0.2) is 18.2 Å². The quantitative estimate of drug-likeness (QED) is 0.899. The van der Waals surface area contributed by atoms with Crippen LogP contribution >= 0.6 is 23.4 Å². The monoisotopic (exact) mass is 325 g/mol. The van der Waals surface area contributed by atoms with Gasteiger partial charge >= 0.3 is 0 Å². The number of hydrogen-bond acceptors (Lipinski definition) is 3. The van der Waals surface area contributed by atoms with Gasteiger partial charge in [0.15, 0.2) is 0 Å². The Labute approximate surface area is 137 Å². The fraction of sp³-hybridized carbons (Fsp3) is 0.647. The van der Waals surface area contributed by atoms with Crippen LogP contribution in [-0.2, 0) is 4.74 Å². The van der Waals surface area contributed by atoms with Crippen LogP contribution in [-0.4, -0.2) is 30.8 Å². The Morgan fingerprint density at radius 3 is 3.00 bits per heavy atom. The van der Waals surface area contributed by atoms with Gasteiger partial charge in [0.2, 0.25) is 0 Å². The van der Waals surface area contributed by atoms with Gasteiger partial charge in [0.25, 0.3) is 0 Å². The molecule has 3 unspecified atom stereocenters. The number of halogens is 1. The molecule has 2 heterocycles. The average molecular weight is 326 g/mol. The molecule has 1 N–H and O–H groups in total. The van der Waals surface area contributed by atoms with Crippen LogP contribution in [0.5, 0.6) is 0 Å². The minimum Gasteiger partial charge on any atom is -0.374 e. The molecule has 1 aromatic carbocycles. The first-order valence-corrected chi connectivity index (χ1v) is 9.32. The third-order valence-corrected chi connectivity index (χ3v) is 6.57. The van der Waals surface area contributed by atoms with Crippen molar-refractivity contribution in [1.29, 1.82) is 0 Å². The zero-order chi connectivity index (χ0) is 14.9. The molecule has 1 aromatic rings. The molecule has 2 fully saturated rings. The van der Waals surface area contributed by atoms with E-state index in [1.54, 1.807) is 0 Å². The van der Waals surface area contributed by atoms with E-state index in [1.165, 1.54) is 29.9 Å². The van der Waals surface area contributed by atoms with Crippen molar-refractivity contribution in [1.82, 2.24) is 5.32 Å². The summed E-state index contributed by atoms with van der Waals surface area (Å²) in [5, 5.41) is 4.39. The maximum atomic E-state index is 6.17. The fourth-order valence-electron chi connectivity index (χ4n) is 3.75. The topological polar surface area (TPSA) is 21.3 Å². The smallest absolute Gasteiger partial charge is 0.0783 e. The molecular formula is C17H24ClNOS. The molecule has 3 atom stereocenters. The van der Waals surface area contributed by atoms with E-state index in [9.17, 15) is 0 Å². The normalized spacial score (nSPS) is 30.7. The summed E-state index contributed by atoms with van der Waals surface area (Å²) in [6.45, 7) is 2.98. The lowest BCUT2D eigenvalue weighted by Crippen LogP contribution is -2.43. The minimum absolute atomic E-state index is 0.143. The zero-order valence-electron chi connectivity index (χ0n) is 12.8. The molecule has 3 rings (SSSR count). The van der Waals surface area contributed by atoms with E-state index in [0.29, 0.717) is 12.0 Å². The van der Waals surface area contributed by atoms with E-state index < -0.39 is 0 Å². The van der Waals surface area contributed by atoms with Gasteiger partial charge in [-0.15, -0.1) is 0 Å². The zero-order valence-corrected chi connectivity index (χ0v) is 14.4. The first-order valence-electron chi connectivity index (χ1n) is 7.79. The third-order valence-electron chi connectivity index (χ3n) is 4.92. The molecule has 0 radical (unpaired) electrons. The van der Waals surface area contributed by atoms with Crippen molar-refractivity contribution < 1.29 is 4.74 Å². The maximum Gasteiger partial charge on any atom is 0.0783 e. The van der Waals surface area contributed by atoms with Gasteiger partial charge in [-0.25, -0.2) is 0 Å². The maximum absolute atomic E-state index is 6.17. The van der Waals surface area contributed by atoms with E-state index in [2.05, 4.69) is 31.4 Å². The van der Waals surface area contributed by atoms with Crippen LogP contribution in [0.25, 0.3) is 0 Å². The molecule has 21 heavy (non-hydrogen) atoms. The summed E-state index contributed by atoms with van der Waals surface area (Å²) in [5.74, 6) is 3.05. The van der Waals surface area contributed by atoms with E-state index in [0.717, 1.165) is 23.6 Å². The summed E-state index contributed by atoms with van der Waals surface area (Å²) in [4.78, 5) is 0. The lowest BCUT2D eigenvalue weighted by Gasteiger charge is -2.41. The van der Waals surface area contributed by atoms with Crippen LogP contribution in [0.4, 0.5) is 0 Å². The number of hydrogen-bond donors (Lipinski definition) is 1. The minimum atomic E-state index is 0.143. The molecule has 0 saturated carbocycles. The van der Waals surface area contributed by atoms with Crippen LogP contribution in [0.3, 0.4) is 0 Å². The van der Waals surface area contributed by atoms with Gasteiger partial charge in [-0.2, -0.15) is 11.8 Å². The SMILES string of the molecule is CNC(c1ccc(Cl)c(C)c1)C1CCOC2(CCSC2)C1. The summed E-state index contributed by atoms with van der Waals surface area (Å²) in [5.41, 5.74) is 2.66. The van der Waals surface area contributed by atoms with E-state index >= 15 is 0 Å². The summed E-state index contributed by atoms with van der Waals surface area (Å²) in [6.07, 6.45) is 3.52. The number of aryl methyl sites for hydroxylation is 1. The molecule has 0 amide bonds. The molecule has 116 valence electrons. The Balaban J connectivity index is 1.80. The largest absolute Gasteiger partial charge is 0.374 e. The standard InChI is InChI=1S/C17H24ClNOS/c1-12-9-13(3-4-15(12)18)16(19-2)14-5-7-20-17(10-14)6-8-21-11-17/h3-4,9,14,16,19H,5-8,10-11H2,1-2H3. The van der Waals surface area contributed by atoms with Crippen molar-refractivity contribution >= 4 is 23.4 Å². The summed E-state index contributed by atoms with van der Waals surface area (Å²) in [7, 11) is 2.07. The van der Waals surface area contributed by atoms with Crippen molar-refractivity contribution in [3.63, 3.8) is 0 Å². The Morgan fingerprint density at radius 1 is 1.48 bits per heavy atom. The van der Waals surface area contributed by atoms with Crippen molar-refractivity contribution in [2.75, 3.05) is 25.2 Å². The van der Waals surface area contributed by atoms with E-state index in [-0.39, 0.29) is 5.60 Å². The average Bonchev–Trinajstić information content (AvgIpc) is 2.91. The molecule has 0 bridgehead atoms. The molecule has 1 spiro atoms. The molecular weight excluding hydrogens is 302 g/mol. The highest BCUT2D eigenvalue weighted by atomic mass is 35.5. The Morgan fingerprint density at radius 2 is 2.33 bits per heavy atom. The predicted molar refractivity (Wildman–Crippen MR) is 91.3 cm³/mol. The van der Waals surface area contributed by atoms with Gasteiger partial charge in [-0.05, 0) is 62.1 Å². The molecule has 0 aromatic heterocycles. The van der Waals surface area contributed by atoms with Gasteiger partial charge in [0.1, 0.15) is 0 Å². The van der Waals surface area contributed by atoms with Crippen molar-refractivity contribution in [3.05, 3.63) is 34.3 Å². The molecule has 2 saturated heterocycles. The lowest BCUT2D eigenvalue weighted by atomic mass is 9.79. The van der Waals surface area contributed by atoms with Crippen LogP contribution in [0.1, 0.15) is 36.4 Å². The highest BCUT2D eigenvalue weighted by molar-refractivity contribution is 7.99. The van der Waals surface area contributed by atoms with Gasteiger partial charge in [0.05, 0.1) is 5.60 Å². The summed E-state index contributed by atoms with van der Waals surface area (Å²) >= 11 is 8.21. The first-order chi connectivity index (χ1) is 10.1. The van der Waals surface area contributed by atoms with Crippen LogP contribution in [0, 0.1) is 12.8 Å². The molecule has 2 aliphatic rings. The second-order valence-corrected chi connectivity index (χ2v) is 7.87. The van der Waals surface area contributed by atoms with Gasteiger partial charge in [-0.1, -0.05) is 23.7 Å². The highest BCUT2D eigenvalue weighted by Gasteiger charge is 2.42. The Hall–Kier alpha value is -0.220. The predicted octanol–water partition coefficient (Wildman–Crippen LogP) is 4.21. The molecule has 2 aliphatic heterocycles. The van der Waals surface area contributed by atoms with Gasteiger partial charge < -0.3 is 10.1 Å². The number of ether oxygens (including phenoxy) is 1. The Kier molecular flexibility index (Phi) is 4.84. The second kappa shape index (κ2) is 6.49. The van der Waals surface area contributed by atoms with Crippen molar-refractivity contribution in [3.8, 4) is 0 Å². The first kappa shape index (κ1) is 15.7. The van der Waals surface area contributed by atoms with Crippen LogP contribution in [0.2, 0.25) is 5.02 Å². The van der Waals surface area contributed by atoms with E-state index in [4.69, 9.17) is 16.3 Å². The summed E-state index contributed by atoms with van der Waals surface area (Å²) in [6, 6.07) is 6.82. The van der Waals surface area contributed by atoms with Crippen molar-refractivity contribution in [2.45, 2.75) is 37.8 Å². The van der Waals surface area contributed by atoms with Gasteiger partial charge in [0, 0.05) is 23.4 Å². The van der Waals surface area contributed by atoms with Crippen LogP contribution < -0.4 is 5.32 Å². The third kappa shape index (κ3) is 3.26.